The summed E-state index contributed by atoms with van der Waals surface area (Å²) in [5, 5.41) is 8.83. The third-order valence-electron chi connectivity index (χ3n) is 4.97. The number of pyridine rings is 1. The highest BCUT2D eigenvalue weighted by Gasteiger charge is 2.19. The summed E-state index contributed by atoms with van der Waals surface area (Å²) in [4.78, 5) is 21.9. The van der Waals surface area contributed by atoms with Crippen LogP contribution in [0.15, 0.2) is 77.4 Å². The van der Waals surface area contributed by atoms with Gasteiger partial charge >= 0.3 is 5.97 Å². The summed E-state index contributed by atoms with van der Waals surface area (Å²) < 4.78 is 12.3. The molecule has 2 aromatic carbocycles. The monoisotopic (exact) mass is 425 g/mol. The van der Waals surface area contributed by atoms with Crippen LogP contribution in [0.5, 0.6) is 0 Å². The molecule has 0 bridgehead atoms. The molecule has 0 saturated carbocycles. The molecule has 8 nitrogen and oxygen atoms in total. The first-order chi connectivity index (χ1) is 15.7. The van der Waals surface area contributed by atoms with E-state index in [1.54, 1.807) is 23.9 Å². The second-order valence-corrected chi connectivity index (χ2v) is 7.26. The molecule has 0 unspecified atom stereocenters. The number of aromatic nitrogens is 5. The second-order valence-electron chi connectivity index (χ2n) is 7.26. The molecular formula is C24H19N5O3. The van der Waals surface area contributed by atoms with Gasteiger partial charge in [0.25, 0.3) is 5.89 Å². The summed E-state index contributed by atoms with van der Waals surface area (Å²) in [6, 6.07) is 21.4. The molecule has 5 aromatic rings. The van der Waals surface area contributed by atoms with Crippen molar-refractivity contribution in [3.63, 3.8) is 0 Å². The van der Waals surface area contributed by atoms with Gasteiger partial charge in [-0.25, -0.2) is 14.5 Å². The van der Waals surface area contributed by atoms with Gasteiger partial charge in [-0.3, -0.25) is 0 Å². The van der Waals surface area contributed by atoms with E-state index in [2.05, 4.69) is 15.2 Å². The second kappa shape index (κ2) is 8.43. The quantitative estimate of drug-likeness (QED) is 0.376. The normalized spacial score (nSPS) is 11.0. The predicted octanol–water partition coefficient (Wildman–Crippen LogP) is 4.20. The van der Waals surface area contributed by atoms with Crippen LogP contribution in [0.4, 0.5) is 0 Å². The molecule has 3 heterocycles. The number of nitrogens with zero attached hydrogens (tertiary/aromatic N) is 5. The zero-order chi connectivity index (χ0) is 21.9. The Morgan fingerprint density at radius 1 is 1.03 bits per heavy atom. The lowest BCUT2D eigenvalue weighted by atomic mass is 10.1. The van der Waals surface area contributed by atoms with Gasteiger partial charge in [0, 0.05) is 5.56 Å². The molecule has 0 fully saturated rings. The number of ether oxygens (including phenoxy) is 1. The molecule has 0 spiro atoms. The van der Waals surface area contributed by atoms with Crippen LogP contribution in [-0.2, 0) is 17.9 Å². The first-order valence-corrected chi connectivity index (χ1v) is 10.1. The summed E-state index contributed by atoms with van der Waals surface area (Å²) in [6.45, 7) is 2.13. The molecule has 0 aliphatic heterocycles. The van der Waals surface area contributed by atoms with E-state index in [0.29, 0.717) is 34.7 Å². The standard InChI is InChI=1S/C24H19N5O3/c1-16-26-22(32-28-16)15-31-24(30)19-12-21(18-10-6-3-7-11-18)27-23-20(19)13-25-29(23)14-17-8-4-2-5-9-17/h2-13H,14-15H2,1H3. The van der Waals surface area contributed by atoms with Crippen LogP contribution in [0.2, 0.25) is 0 Å². The summed E-state index contributed by atoms with van der Waals surface area (Å²) in [6.07, 6.45) is 1.65. The minimum absolute atomic E-state index is 0.109. The summed E-state index contributed by atoms with van der Waals surface area (Å²) in [5.41, 5.74) is 3.62. The van der Waals surface area contributed by atoms with Crippen molar-refractivity contribution in [2.75, 3.05) is 0 Å². The van der Waals surface area contributed by atoms with E-state index < -0.39 is 5.97 Å². The number of rotatable bonds is 6. The lowest BCUT2D eigenvalue weighted by Crippen LogP contribution is -2.08. The first kappa shape index (κ1) is 19.6. The van der Waals surface area contributed by atoms with Crippen LogP contribution >= 0.6 is 0 Å². The molecule has 0 atom stereocenters. The number of fused-ring (bicyclic) bond motifs is 1. The summed E-state index contributed by atoms with van der Waals surface area (Å²) in [5.74, 6) is 0.213. The van der Waals surface area contributed by atoms with Gasteiger partial charge in [-0.1, -0.05) is 65.8 Å². The summed E-state index contributed by atoms with van der Waals surface area (Å²) >= 11 is 0. The lowest BCUT2D eigenvalue weighted by Gasteiger charge is -2.09. The predicted molar refractivity (Wildman–Crippen MR) is 117 cm³/mol. The number of esters is 1. The molecule has 0 aliphatic rings. The van der Waals surface area contributed by atoms with Gasteiger partial charge < -0.3 is 9.26 Å². The number of carbonyl (C=O) groups is 1. The molecule has 0 amide bonds. The van der Waals surface area contributed by atoms with Crippen LogP contribution < -0.4 is 0 Å². The highest BCUT2D eigenvalue weighted by molar-refractivity contribution is 6.03. The molecule has 0 N–H and O–H groups in total. The Labute approximate surface area is 183 Å². The Balaban J connectivity index is 1.55. The Morgan fingerprint density at radius 3 is 2.50 bits per heavy atom. The van der Waals surface area contributed by atoms with Gasteiger partial charge in [-0.15, -0.1) is 0 Å². The van der Waals surface area contributed by atoms with E-state index in [-0.39, 0.29) is 12.5 Å². The van der Waals surface area contributed by atoms with Crippen molar-refractivity contribution in [3.05, 3.63) is 95.8 Å². The van der Waals surface area contributed by atoms with Gasteiger partial charge in [0.15, 0.2) is 18.1 Å². The van der Waals surface area contributed by atoms with Crippen LogP contribution in [0.3, 0.4) is 0 Å². The third kappa shape index (κ3) is 3.98. The van der Waals surface area contributed by atoms with Crippen molar-refractivity contribution in [1.82, 2.24) is 24.9 Å². The maximum Gasteiger partial charge on any atom is 0.339 e. The Morgan fingerprint density at radius 2 is 1.78 bits per heavy atom. The van der Waals surface area contributed by atoms with Crippen LogP contribution in [0, 0.1) is 6.92 Å². The van der Waals surface area contributed by atoms with Crippen LogP contribution in [0.1, 0.15) is 27.6 Å². The van der Waals surface area contributed by atoms with E-state index in [1.165, 1.54) is 0 Å². The fourth-order valence-corrected chi connectivity index (χ4v) is 3.45. The molecule has 32 heavy (non-hydrogen) atoms. The maximum absolute atomic E-state index is 13.0. The van der Waals surface area contributed by atoms with E-state index in [4.69, 9.17) is 14.2 Å². The van der Waals surface area contributed by atoms with Crippen molar-refractivity contribution in [2.24, 2.45) is 0 Å². The van der Waals surface area contributed by atoms with Crippen molar-refractivity contribution in [1.29, 1.82) is 0 Å². The maximum atomic E-state index is 13.0. The Kier molecular flexibility index (Phi) is 5.17. The van der Waals surface area contributed by atoms with E-state index in [0.717, 1.165) is 11.1 Å². The topological polar surface area (TPSA) is 95.9 Å². The van der Waals surface area contributed by atoms with E-state index in [1.807, 2.05) is 60.7 Å². The lowest BCUT2D eigenvalue weighted by molar-refractivity contribution is 0.0432. The van der Waals surface area contributed by atoms with Crippen molar-refractivity contribution in [2.45, 2.75) is 20.1 Å². The van der Waals surface area contributed by atoms with Crippen molar-refractivity contribution >= 4 is 17.0 Å². The highest BCUT2D eigenvalue weighted by atomic mass is 16.6. The largest absolute Gasteiger partial charge is 0.452 e. The number of carbonyl (C=O) groups excluding carboxylic acids is 1. The molecule has 5 rings (SSSR count). The number of hydrogen-bond donors (Lipinski definition) is 0. The Bertz CT molecular complexity index is 1380. The van der Waals surface area contributed by atoms with Gasteiger partial charge in [-0.2, -0.15) is 10.1 Å². The van der Waals surface area contributed by atoms with Crippen molar-refractivity contribution < 1.29 is 14.1 Å². The third-order valence-corrected chi connectivity index (χ3v) is 4.97. The average Bonchev–Trinajstić information content (AvgIpc) is 3.44. The molecule has 0 radical (unpaired) electrons. The first-order valence-electron chi connectivity index (χ1n) is 10.1. The van der Waals surface area contributed by atoms with Gasteiger partial charge in [0.1, 0.15) is 0 Å². The van der Waals surface area contributed by atoms with Gasteiger partial charge in [0.05, 0.1) is 29.4 Å². The summed E-state index contributed by atoms with van der Waals surface area (Å²) in [7, 11) is 0. The minimum Gasteiger partial charge on any atom is -0.452 e. The number of aryl methyl sites for hydroxylation is 1. The number of benzene rings is 2. The highest BCUT2D eigenvalue weighted by Crippen LogP contribution is 2.26. The fraction of sp³-hybridized carbons (Fsp3) is 0.125. The molecule has 3 aromatic heterocycles. The molecule has 0 aliphatic carbocycles. The molecule has 0 saturated heterocycles. The minimum atomic E-state index is -0.510. The molecule has 158 valence electrons. The number of hydrogen-bond acceptors (Lipinski definition) is 7. The molecular weight excluding hydrogens is 406 g/mol. The van der Waals surface area contributed by atoms with Crippen LogP contribution in [-0.4, -0.2) is 30.9 Å². The zero-order valence-corrected chi connectivity index (χ0v) is 17.3. The smallest absolute Gasteiger partial charge is 0.339 e. The zero-order valence-electron chi connectivity index (χ0n) is 17.3. The van der Waals surface area contributed by atoms with Gasteiger partial charge in [-0.05, 0) is 18.6 Å². The Hall–Kier alpha value is -4.33. The molecule has 8 heteroatoms. The van der Waals surface area contributed by atoms with Crippen molar-refractivity contribution in [3.8, 4) is 11.3 Å². The average molecular weight is 425 g/mol. The van der Waals surface area contributed by atoms with Crippen LogP contribution in [0.25, 0.3) is 22.3 Å². The van der Waals surface area contributed by atoms with E-state index >= 15 is 0 Å². The fourth-order valence-electron chi connectivity index (χ4n) is 3.45. The van der Waals surface area contributed by atoms with E-state index in [9.17, 15) is 4.79 Å². The van der Waals surface area contributed by atoms with Gasteiger partial charge in [0.2, 0.25) is 0 Å². The SMILES string of the molecule is Cc1noc(COC(=O)c2cc(-c3ccccc3)nc3c2cnn3Cc2ccccc2)n1.